The van der Waals surface area contributed by atoms with E-state index in [-0.39, 0.29) is 24.8 Å². The van der Waals surface area contributed by atoms with Crippen LogP contribution in [0.4, 0.5) is 0 Å². The predicted molar refractivity (Wildman–Crippen MR) is 48.9 cm³/mol. The maximum Gasteiger partial charge on any atom is 0.0355 e. The molecule has 52 valence electrons. The number of hydrogen-bond acceptors (Lipinski definition) is 2. The lowest BCUT2D eigenvalue weighted by Gasteiger charge is -1.70. The van der Waals surface area contributed by atoms with Crippen LogP contribution in [0, 0.1) is 0 Å². The van der Waals surface area contributed by atoms with E-state index >= 15 is 0 Å². The number of rotatable bonds is 0. The van der Waals surface area contributed by atoms with Gasteiger partial charge in [0.15, 0.2) is 0 Å². The van der Waals surface area contributed by atoms with Crippen LogP contribution in [0.3, 0.4) is 0 Å². The smallest absolute Gasteiger partial charge is 0.0355 e. The molecule has 0 aromatic rings. The molecule has 0 aliphatic carbocycles. The van der Waals surface area contributed by atoms with Gasteiger partial charge in [-0.25, -0.2) is 4.40 Å². The van der Waals surface area contributed by atoms with Gasteiger partial charge in [0.05, 0.1) is 0 Å². The van der Waals surface area contributed by atoms with Crippen LogP contribution in [0.2, 0.25) is 0 Å². The molecule has 9 heavy (non-hydrogen) atoms. The predicted octanol–water partition coefficient (Wildman–Crippen LogP) is 2.63. The van der Waals surface area contributed by atoms with Crippen LogP contribution < -0.4 is 0 Å². The summed E-state index contributed by atoms with van der Waals surface area (Å²) in [4.78, 5) is 0. The first-order chi connectivity index (χ1) is 3.50. The van der Waals surface area contributed by atoms with E-state index in [2.05, 4.69) is 4.40 Å². The second-order valence-electron chi connectivity index (χ2n) is 1.07. The summed E-state index contributed by atoms with van der Waals surface area (Å²) < 4.78 is 3.89. The van der Waals surface area contributed by atoms with Crippen LogP contribution in [0.5, 0.6) is 0 Å². The molecule has 0 aromatic carbocycles. The number of allylic oxidation sites excluding steroid dienone is 3. The Bertz CT molecular complexity index is 117. The normalized spacial score (nSPS) is 13.3. The largest absolute Gasteiger partial charge is 0.220 e. The average Bonchev–Trinajstić information content (AvgIpc) is 1.90. The van der Waals surface area contributed by atoms with Crippen LogP contribution in [0.15, 0.2) is 28.0 Å². The highest BCUT2D eigenvalue weighted by atomic mass is 35.5. The van der Waals surface area contributed by atoms with Gasteiger partial charge in [0, 0.05) is 18.2 Å². The van der Waals surface area contributed by atoms with Crippen molar-refractivity contribution < 1.29 is 0 Å². The SMILES string of the molecule is C1=CC=NSC=C1.Cl.Cl. The summed E-state index contributed by atoms with van der Waals surface area (Å²) in [6, 6.07) is 0. The van der Waals surface area contributed by atoms with Gasteiger partial charge in [-0.1, -0.05) is 12.2 Å². The van der Waals surface area contributed by atoms with Crippen molar-refractivity contribution in [2.75, 3.05) is 0 Å². The van der Waals surface area contributed by atoms with Crippen molar-refractivity contribution in [1.29, 1.82) is 0 Å². The van der Waals surface area contributed by atoms with Gasteiger partial charge in [-0.15, -0.1) is 24.8 Å². The van der Waals surface area contributed by atoms with Crippen molar-refractivity contribution in [2.24, 2.45) is 4.40 Å². The summed E-state index contributed by atoms with van der Waals surface area (Å²) in [6.07, 6.45) is 7.57. The Morgan fingerprint density at radius 1 is 1.00 bits per heavy atom. The van der Waals surface area contributed by atoms with Crippen molar-refractivity contribution in [1.82, 2.24) is 0 Å². The van der Waals surface area contributed by atoms with E-state index in [1.54, 1.807) is 6.21 Å². The van der Waals surface area contributed by atoms with Crippen molar-refractivity contribution >= 4 is 43.0 Å². The fourth-order valence-corrected chi connectivity index (χ4v) is 0.672. The molecule has 1 heterocycles. The highest BCUT2D eigenvalue weighted by Gasteiger charge is 1.71. The minimum atomic E-state index is 0. The van der Waals surface area contributed by atoms with E-state index in [0.29, 0.717) is 0 Å². The van der Waals surface area contributed by atoms with Gasteiger partial charge in [-0.2, -0.15) is 0 Å². The average molecular weight is 184 g/mol. The Kier molecular flexibility index (Phi) is 10.6. The van der Waals surface area contributed by atoms with Crippen LogP contribution in [-0.4, -0.2) is 6.21 Å². The summed E-state index contributed by atoms with van der Waals surface area (Å²) in [5, 5.41) is 1.93. The molecule has 0 N–H and O–H groups in total. The van der Waals surface area contributed by atoms with E-state index in [9.17, 15) is 0 Å². The molecule has 0 aromatic heterocycles. The third-order valence-electron chi connectivity index (χ3n) is 0.569. The van der Waals surface area contributed by atoms with Gasteiger partial charge in [0.25, 0.3) is 0 Å². The monoisotopic (exact) mass is 183 g/mol. The Morgan fingerprint density at radius 3 is 2.56 bits per heavy atom. The summed E-state index contributed by atoms with van der Waals surface area (Å²) in [5.74, 6) is 0. The molecular weight excluding hydrogens is 177 g/mol. The van der Waals surface area contributed by atoms with E-state index in [0.717, 1.165) is 0 Å². The highest BCUT2D eigenvalue weighted by Crippen LogP contribution is 2.03. The van der Waals surface area contributed by atoms with Crippen LogP contribution in [-0.2, 0) is 0 Å². The number of nitrogens with zero attached hydrogens (tertiary/aromatic N) is 1. The van der Waals surface area contributed by atoms with Gasteiger partial charge in [-0.3, -0.25) is 0 Å². The third-order valence-corrected chi connectivity index (χ3v) is 1.09. The lowest BCUT2D eigenvalue weighted by Crippen LogP contribution is -1.51. The molecule has 1 aliphatic rings. The third kappa shape index (κ3) is 5.96. The van der Waals surface area contributed by atoms with Gasteiger partial charge in [0.1, 0.15) is 0 Å². The van der Waals surface area contributed by atoms with Gasteiger partial charge in [-0.05, 0) is 11.5 Å². The Balaban J connectivity index is 0. The maximum absolute atomic E-state index is 3.89. The fraction of sp³-hybridized carbons (Fsp3) is 0. The molecule has 0 fully saturated rings. The Morgan fingerprint density at radius 2 is 1.78 bits per heavy atom. The molecule has 0 radical (unpaired) electrons. The second kappa shape index (κ2) is 8.08. The Labute approximate surface area is 71.3 Å². The van der Waals surface area contributed by atoms with Crippen LogP contribution in [0.1, 0.15) is 0 Å². The quantitative estimate of drug-likeness (QED) is 0.527. The van der Waals surface area contributed by atoms with Crippen molar-refractivity contribution in [3.05, 3.63) is 23.6 Å². The molecule has 0 amide bonds. The van der Waals surface area contributed by atoms with Crippen molar-refractivity contribution in [3.8, 4) is 0 Å². The van der Waals surface area contributed by atoms with Gasteiger partial charge in [0.2, 0.25) is 0 Å². The van der Waals surface area contributed by atoms with E-state index < -0.39 is 0 Å². The van der Waals surface area contributed by atoms with E-state index in [1.165, 1.54) is 11.9 Å². The summed E-state index contributed by atoms with van der Waals surface area (Å²) in [7, 11) is 0. The zero-order valence-electron chi connectivity index (χ0n) is 4.56. The number of halogens is 2. The zero-order valence-corrected chi connectivity index (χ0v) is 7.01. The first-order valence-corrected chi connectivity index (χ1v) is 2.85. The minimum absolute atomic E-state index is 0. The summed E-state index contributed by atoms with van der Waals surface area (Å²) >= 11 is 1.44. The van der Waals surface area contributed by atoms with E-state index in [4.69, 9.17) is 0 Å². The Hall–Kier alpha value is 0.0800. The lowest BCUT2D eigenvalue weighted by atomic mass is 10.5. The maximum atomic E-state index is 3.89. The molecule has 0 atom stereocenters. The first kappa shape index (κ1) is 11.8. The lowest BCUT2D eigenvalue weighted by molar-refractivity contribution is 1.99. The first-order valence-electron chi connectivity index (χ1n) is 2.01. The molecule has 4 heteroatoms. The van der Waals surface area contributed by atoms with Gasteiger partial charge >= 0.3 is 0 Å². The second-order valence-corrected chi connectivity index (χ2v) is 1.77. The molecule has 0 saturated carbocycles. The molecule has 1 nitrogen and oxygen atoms in total. The van der Waals surface area contributed by atoms with E-state index in [1.807, 2.05) is 23.6 Å². The van der Waals surface area contributed by atoms with Crippen LogP contribution in [0.25, 0.3) is 0 Å². The van der Waals surface area contributed by atoms with Crippen molar-refractivity contribution in [2.45, 2.75) is 0 Å². The van der Waals surface area contributed by atoms with Crippen molar-refractivity contribution in [3.63, 3.8) is 0 Å². The molecule has 0 saturated heterocycles. The molecule has 0 unspecified atom stereocenters. The fourth-order valence-electron chi connectivity index (χ4n) is 0.300. The van der Waals surface area contributed by atoms with Gasteiger partial charge < -0.3 is 0 Å². The standard InChI is InChI=1S/C5H5NS.2ClH/c1-2-4-6-7-5-3-1;;/h1-5H;2*1H. The van der Waals surface area contributed by atoms with Crippen LogP contribution >= 0.6 is 36.8 Å². The zero-order chi connectivity index (χ0) is 4.95. The minimum Gasteiger partial charge on any atom is -0.220 e. The highest BCUT2D eigenvalue weighted by molar-refractivity contribution is 8.01. The topological polar surface area (TPSA) is 12.4 Å². The molecule has 0 bridgehead atoms. The molecule has 0 spiro atoms. The summed E-state index contributed by atoms with van der Waals surface area (Å²) in [6.45, 7) is 0. The molecular formula is C5H7Cl2NS. The number of hydrogen-bond donors (Lipinski definition) is 0. The molecule has 1 aliphatic heterocycles. The summed E-state index contributed by atoms with van der Waals surface area (Å²) in [5.41, 5.74) is 0. The molecule has 1 rings (SSSR count).